The predicted octanol–water partition coefficient (Wildman–Crippen LogP) is 3.88. The van der Waals surface area contributed by atoms with Crippen LogP contribution in [0.25, 0.3) is 11.3 Å². The Morgan fingerprint density at radius 2 is 2.10 bits per heavy atom. The van der Waals surface area contributed by atoms with Crippen LogP contribution in [0.1, 0.15) is 30.8 Å². The van der Waals surface area contributed by atoms with Crippen molar-refractivity contribution in [3.8, 4) is 11.3 Å². The Balaban J connectivity index is 1.73. The molecule has 0 aliphatic carbocycles. The second-order valence-corrected chi connectivity index (χ2v) is 5.92. The number of rotatable bonds is 5. The molecule has 0 amide bonds. The van der Waals surface area contributed by atoms with Crippen LogP contribution in [-0.4, -0.2) is 20.2 Å². The minimum Gasteiger partial charge on any atom is -0.440 e. The van der Waals surface area contributed by atoms with Gasteiger partial charge in [0.2, 0.25) is 11.0 Å². The number of H-pyrrole nitrogens is 1. The van der Waals surface area contributed by atoms with Crippen molar-refractivity contribution in [3.05, 3.63) is 48.2 Å². The van der Waals surface area contributed by atoms with E-state index in [1.54, 1.807) is 6.20 Å². The van der Waals surface area contributed by atoms with Gasteiger partial charge in [0.25, 0.3) is 0 Å². The lowest BCUT2D eigenvalue weighted by Gasteiger charge is -2.03. The summed E-state index contributed by atoms with van der Waals surface area (Å²) in [4.78, 5) is 8.75. The van der Waals surface area contributed by atoms with Crippen molar-refractivity contribution in [1.82, 2.24) is 20.2 Å². The summed E-state index contributed by atoms with van der Waals surface area (Å²) in [6, 6.07) is 9.95. The van der Waals surface area contributed by atoms with Crippen LogP contribution in [0.2, 0.25) is 0 Å². The lowest BCUT2D eigenvalue weighted by Crippen LogP contribution is -1.89. The number of aryl methyl sites for hydroxylation is 1. The Morgan fingerprint density at radius 1 is 1.29 bits per heavy atom. The van der Waals surface area contributed by atoms with Gasteiger partial charge in [-0.15, -0.1) is 5.10 Å². The molecule has 0 bridgehead atoms. The Morgan fingerprint density at radius 3 is 2.81 bits per heavy atom. The molecule has 0 spiro atoms. The fourth-order valence-electron chi connectivity index (χ4n) is 1.91. The molecule has 2 aromatic heterocycles. The molecular formula is C15H16N4OS. The number of nitrogens with zero attached hydrogens (tertiary/aromatic N) is 3. The van der Waals surface area contributed by atoms with Gasteiger partial charge in [-0.3, -0.25) is 5.10 Å². The summed E-state index contributed by atoms with van der Waals surface area (Å²) < 4.78 is 5.84. The quantitative estimate of drug-likeness (QED) is 0.724. The van der Waals surface area contributed by atoms with E-state index >= 15 is 0 Å². The van der Waals surface area contributed by atoms with Crippen molar-refractivity contribution in [2.24, 2.45) is 0 Å². The number of benzene rings is 1. The van der Waals surface area contributed by atoms with Crippen LogP contribution in [0.5, 0.6) is 0 Å². The third-order valence-electron chi connectivity index (χ3n) is 3.06. The average Bonchev–Trinajstić information content (AvgIpc) is 3.17. The molecule has 0 unspecified atom stereocenters. The second kappa shape index (κ2) is 6.13. The van der Waals surface area contributed by atoms with E-state index in [1.807, 2.05) is 44.2 Å². The third-order valence-corrected chi connectivity index (χ3v) is 4.01. The molecule has 0 aliphatic rings. The molecule has 0 saturated heterocycles. The molecule has 3 aromatic rings. The molecule has 2 heterocycles. The monoisotopic (exact) mass is 300 g/mol. The zero-order chi connectivity index (χ0) is 14.7. The number of nitrogens with one attached hydrogen (secondary N) is 1. The van der Waals surface area contributed by atoms with E-state index in [2.05, 4.69) is 20.2 Å². The van der Waals surface area contributed by atoms with Gasteiger partial charge in [-0.25, -0.2) is 9.97 Å². The highest BCUT2D eigenvalue weighted by atomic mass is 32.2. The smallest absolute Gasteiger partial charge is 0.209 e. The Bertz CT molecular complexity index is 707. The van der Waals surface area contributed by atoms with Crippen molar-refractivity contribution < 1.29 is 4.42 Å². The van der Waals surface area contributed by atoms with Crippen LogP contribution in [0, 0.1) is 0 Å². The maximum Gasteiger partial charge on any atom is 0.209 e. The zero-order valence-electron chi connectivity index (χ0n) is 11.9. The van der Waals surface area contributed by atoms with E-state index in [-0.39, 0.29) is 5.25 Å². The molecule has 1 aromatic carbocycles. The van der Waals surface area contributed by atoms with Crippen molar-refractivity contribution in [2.75, 3.05) is 0 Å². The molecule has 0 aliphatic heterocycles. The summed E-state index contributed by atoms with van der Waals surface area (Å²) in [5.74, 6) is 2.35. The lowest BCUT2D eigenvalue weighted by molar-refractivity contribution is 0.510. The molecule has 0 fully saturated rings. The largest absolute Gasteiger partial charge is 0.440 e. The Labute approximate surface area is 127 Å². The number of hydrogen-bond acceptors (Lipinski definition) is 5. The second-order valence-electron chi connectivity index (χ2n) is 4.61. The van der Waals surface area contributed by atoms with E-state index in [0.717, 1.165) is 28.7 Å². The summed E-state index contributed by atoms with van der Waals surface area (Å²) in [6.07, 6.45) is 2.61. The van der Waals surface area contributed by atoms with Gasteiger partial charge in [0, 0.05) is 12.0 Å². The van der Waals surface area contributed by atoms with Crippen molar-refractivity contribution >= 4 is 11.8 Å². The van der Waals surface area contributed by atoms with Gasteiger partial charge in [0.15, 0.2) is 5.76 Å². The highest BCUT2D eigenvalue weighted by molar-refractivity contribution is 7.99. The van der Waals surface area contributed by atoms with Gasteiger partial charge >= 0.3 is 0 Å². The molecule has 6 heteroatoms. The highest BCUT2D eigenvalue weighted by Crippen LogP contribution is 2.33. The topological polar surface area (TPSA) is 67.6 Å². The number of oxazole rings is 1. The fraction of sp³-hybridized carbons (Fsp3) is 0.267. The molecule has 5 nitrogen and oxygen atoms in total. The van der Waals surface area contributed by atoms with E-state index < -0.39 is 0 Å². The lowest BCUT2D eigenvalue weighted by atomic mass is 10.2. The summed E-state index contributed by atoms with van der Waals surface area (Å²) in [6.45, 7) is 4.08. The average molecular weight is 300 g/mol. The predicted molar refractivity (Wildman–Crippen MR) is 82.0 cm³/mol. The van der Waals surface area contributed by atoms with Gasteiger partial charge in [0.1, 0.15) is 5.82 Å². The van der Waals surface area contributed by atoms with E-state index in [9.17, 15) is 0 Å². The summed E-state index contributed by atoms with van der Waals surface area (Å²) in [5, 5.41) is 7.86. The first-order valence-electron chi connectivity index (χ1n) is 6.85. The standard InChI is InChI=1S/C15H16N4OS/c1-3-13-17-15(19-18-13)21-10(2)14-16-9-12(20-14)11-7-5-4-6-8-11/h4-10H,3H2,1-2H3,(H,17,18,19)/t10-/m0/s1. The Kier molecular flexibility index (Phi) is 4.06. The van der Waals surface area contributed by atoms with Crippen LogP contribution in [0.4, 0.5) is 0 Å². The third kappa shape index (κ3) is 3.16. The first-order valence-corrected chi connectivity index (χ1v) is 7.73. The van der Waals surface area contributed by atoms with Gasteiger partial charge in [0.05, 0.1) is 11.4 Å². The van der Waals surface area contributed by atoms with Crippen LogP contribution >= 0.6 is 11.8 Å². The summed E-state index contributed by atoms with van der Waals surface area (Å²) in [7, 11) is 0. The fourth-order valence-corrected chi connectivity index (χ4v) is 2.70. The van der Waals surface area contributed by atoms with Gasteiger partial charge in [-0.2, -0.15) is 0 Å². The van der Waals surface area contributed by atoms with Crippen LogP contribution in [-0.2, 0) is 6.42 Å². The van der Waals surface area contributed by atoms with E-state index in [4.69, 9.17) is 4.42 Å². The van der Waals surface area contributed by atoms with Gasteiger partial charge in [-0.05, 0) is 6.92 Å². The van der Waals surface area contributed by atoms with Crippen molar-refractivity contribution in [2.45, 2.75) is 30.7 Å². The van der Waals surface area contributed by atoms with Gasteiger partial charge in [-0.1, -0.05) is 49.0 Å². The van der Waals surface area contributed by atoms with Crippen molar-refractivity contribution in [1.29, 1.82) is 0 Å². The van der Waals surface area contributed by atoms with Crippen LogP contribution < -0.4 is 0 Å². The van der Waals surface area contributed by atoms with Crippen molar-refractivity contribution in [3.63, 3.8) is 0 Å². The van der Waals surface area contributed by atoms with Gasteiger partial charge < -0.3 is 4.42 Å². The number of thioether (sulfide) groups is 1. The highest BCUT2D eigenvalue weighted by Gasteiger charge is 2.17. The SMILES string of the molecule is CCc1nc(S[C@@H](C)c2ncc(-c3ccccc3)o2)n[nH]1. The summed E-state index contributed by atoms with van der Waals surface area (Å²) in [5.41, 5.74) is 1.03. The van der Waals surface area contributed by atoms with Crippen LogP contribution in [0.15, 0.2) is 46.1 Å². The number of aromatic amines is 1. The summed E-state index contributed by atoms with van der Waals surface area (Å²) >= 11 is 1.53. The maximum atomic E-state index is 5.84. The maximum absolute atomic E-state index is 5.84. The molecule has 3 rings (SSSR count). The molecule has 0 saturated carbocycles. The van der Waals surface area contributed by atoms with E-state index in [0.29, 0.717) is 5.89 Å². The normalized spacial score (nSPS) is 12.5. The molecule has 0 radical (unpaired) electrons. The zero-order valence-corrected chi connectivity index (χ0v) is 12.7. The van der Waals surface area contributed by atoms with Crippen LogP contribution in [0.3, 0.4) is 0 Å². The molecule has 1 atom stereocenters. The molecule has 1 N–H and O–H groups in total. The first kappa shape index (κ1) is 13.9. The van der Waals surface area contributed by atoms with E-state index in [1.165, 1.54) is 11.8 Å². The first-order chi connectivity index (χ1) is 10.3. The molecule has 21 heavy (non-hydrogen) atoms. The minimum atomic E-state index is 0.0583. The molecule has 108 valence electrons. The minimum absolute atomic E-state index is 0.0583. The number of hydrogen-bond donors (Lipinski definition) is 1. The number of aromatic nitrogens is 4. The molecular weight excluding hydrogens is 284 g/mol. The Hall–Kier alpha value is -2.08.